The molecule has 0 radical (unpaired) electrons. The van der Waals surface area contributed by atoms with Crippen molar-refractivity contribution in [2.24, 2.45) is 0 Å². The van der Waals surface area contributed by atoms with E-state index in [1.165, 1.54) is 6.07 Å². The van der Waals surface area contributed by atoms with E-state index in [0.717, 1.165) is 11.3 Å². The lowest BCUT2D eigenvalue weighted by atomic mass is 10.2. The van der Waals surface area contributed by atoms with Gasteiger partial charge in [0.15, 0.2) is 0 Å². The number of nitrogens with zero attached hydrogens (tertiary/aromatic N) is 1. The normalized spacial score (nSPS) is 10.3. The first-order chi connectivity index (χ1) is 8.56. The van der Waals surface area contributed by atoms with Crippen LogP contribution < -0.4 is 10.2 Å². The summed E-state index contributed by atoms with van der Waals surface area (Å²) in [5.74, 6) is 0. The number of halogens is 1. The summed E-state index contributed by atoms with van der Waals surface area (Å²) < 4.78 is 0.642. The van der Waals surface area contributed by atoms with Gasteiger partial charge in [-0.3, -0.25) is 14.9 Å². The third-order valence-electron chi connectivity index (χ3n) is 2.20. The highest BCUT2D eigenvalue weighted by Crippen LogP contribution is 2.28. The lowest BCUT2D eigenvalue weighted by Gasteiger charge is -2.05. The third kappa shape index (κ3) is 2.96. The zero-order valence-electron chi connectivity index (χ0n) is 8.97. The van der Waals surface area contributed by atoms with Gasteiger partial charge in [0.05, 0.1) is 11.5 Å². The predicted octanol–water partition coefficient (Wildman–Crippen LogP) is 2.72. The molecule has 1 aromatic carbocycles. The quantitative estimate of drug-likeness (QED) is 0.666. The van der Waals surface area contributed by atoms with E-state index in [1.807, 2.05) is 0 Å². The van der Waals surface area contributed by atoms with Gasteiger partial charge >= 0.3 is 4.87 Å². The fourth-order valence-electron chi connectivity index (χ4n) is 1.40. The second-order valence-corrected chi connectivity index (χ2v) is 5.20. The molecule has 2 N–H and O–H groups in total. The number of benzene rings is 1. The van der Waals surface area contributed by atoms with Crippen LogP contribution in [-0.2, 0) is 6.54 Å². The number of aromatic nitrogens is 1. The van der Waals surface area contributed by atoms with Crippen LogP contribution in [-0.4, -0.2) is 9.91 Å². The monoisotopic (exact) mass is 329 g/mol. The molecule has 0 aliphatic heterocycles. The van der Waals surface area contributed by atoms with E-state index >= 15 is 0 Å². The average molecular weight is 330 g/mol. The highest BCUT2D eigenvalue weighted by Gasteiger charge is 2.13. The fraction of sp³-hybridized carbons (Fsp3) is 0.100. The first-order valence-corrected chi connectivity index (χ1v) is 6.58. The van der Waals surface area contributed by atoms with E-state index in [9.17, 15) is 14.9 Å². The Hall–Kier alpha value is -1.67. The summed E-state index contributed by atoms with van der Waals surface area (Å²) in [6.07, 6.45) is 0. The molecule has 2 aromatic rings. The molecule has 0 fully saturated rings. The Morgan fingerprint density at radius 1 is 1.50 bits per heavy atom. The number of nitro groups is 1. The minimum absolute atomic E-state index is 0.0121. The molecule has 0 aliphatic carbocycles. The lowest BCUT2D eigenvalue weighted by molar-refractivity contribution is -0.384. The summed E-state index contributed by atoms with van der Waals surface area (Å²) in [4.78, 5) is 23.9. The topological polar surface area (TPSA) is 88.0 Å². The van der Waals surface area contributed by atoms with Gasteiger partial charge in [-0.05, 0) is 12.1 Å². The first kappa shape index (κ1) is 12.8. The minimum Gasteiger partial charge on any atom is -0.374 e. The molecule has 0 amide bonds. The van der Waals surface area contributed by atoms with E-state index in [4.69, 9.17) is 0 Å². The molecule has 2 rings (SSSR count). The molecule has 0 unspecified atom stereocenters. The fourth-order valence-corrected chi connectivity index (χ4v) is 2.33. The molecule has 1 aromatic heterocycles. The highest BCUT2D eigenvalue weighted by molar-refractivity contribution is 9.10. The molecule has 0 saturated carbocycles. The summed E-state index contributed by atoms with van der Waals surface area (Å²) in [5, 5.41) is 15.5. The number of hydrogen-bond acceptors (Lipinski definition) is 5. The van der Waals surface area contributed by atoms with Crippen molar-refractivity contribution in [3.05, 3.63) is 53.5 Å². The lowest BCUT2D eigenvalue weighted by Crippen LogP contribution is -2.04. The van der Waals surface area contributed by atoms with Crippen LogP contribution in [0, 0.1) is 10.1 Å². The van der Waals surface area contributed by atoms with Crippen LogP contribution in [0.3, 0.4) is 0 Å². The molecule has 0 saturated heterocycles. The number of nitro benzene ring substituents is 1. The van der Waals surface area contributed by atoms with Gasteiger partial charge in [0, 0.05) is 21.6 Å². The number of hydrogen-bond donors (Lipinski definition) is 2. The molecular formula is C10H8BrN3O3S. The van der Waals surface area contributed by atoms with Crippen LogP contribution in [0.5, 0.6) is 0 Å². The van der Waals surface area contributed by atoms with Crippen LogP contribution in [0.15, 0.2) is 32.8 Å². The Kier molecular flexibility index (Phi) is 3.78. The largest absolute Gasteiger partial charge is 0.374 e. The van der Waals surface area contributed by atoms with Gasteiger partial charge < -0.3 is 10.3 Å². The van der Waals surface area contributed by atoms with E-state index in [0.29, 0.717) is 22.4 Å². The van der Waals surface area contributed by atoms with Gasteiger partial charge in [-0.25, -0.2) is 0 Å². The molecule has 0 spiro atoms. The molecule has 0 bridgehead atoms. The summed E-state index contributed by atoms with van der Waals surface area (Å²) in [5.41, 5.74) is 1.10. The summed E-state index contributed by atoms with van der Waals surface area (Å²) in [6.45, 7) is 0.335. The standard InChI is InChI=1S/C10H8BrN3O3S/c11-6-1-2-8(9(3-6)14(16)17)12-4-7-5-18-10(15)13-7/h1-3,5,12H,4H2,(H,13,15). The minimum atomic E-state index is -0.455. The van der Waals surface area contributed by atoms with Crippen LogP contribution >= 0.6 is 27.3 Å². The van der Waals surface area contributed by atoms with Crippen molar-refractivity contribution in [2.45, 2.75) is 6.54 Å². The number of thiazole rings is 1. The second-order valence-electron chi connectivity index (χ2n) is 3.45. The third-order valence-corrected chi connectivity index (χ3v) is 3.41. The highest BCUT2D eigenvalue weighted by atomic mass is 79.9. The summed E-state index contributed by atoms with van der Waals surface area (Å²) >= 11 is 4.25. The van der Waals surface area contributed by atoms with Crippen molar-refractivity contribution in [1.82, 2.24) is 4.98 Å². The van der Waals surface area contributed by atoms with Crippen molar-refractivity contribution in [2.75, 3.05) is 5.32 Å². The van der Waals surface area contributed by atoms with E-state index in [1.54, 1.807) is 17.5 Å². The summed E-state index contributed by atoms with van der Waals surface area (Å²) in [6, 6.07) is 4.76. The van der Waals surface area contributed by atoms with Crippen LogP contribution in [0.1, 0.15) is 5.69 Å². The Morgan fingerprint density at radius 3 is 2.89 bits per heavy atom. The van der Waals surface area contributed by atoms with Crippen LogP contribution in [0.2, 0.25) is 0 Å². The molecule has 18 heavy (non-hydrogen) atoms. The Labute approximate surface area is 114 Å². The number of H-pyrrole nitrogens is 1. The number of aromatic amines is 1. The molecule has 0 atom stereocenters. The second kappa shape index (κ2) is 5.32. The van der Waals surface area contributed by atoms with Gasteiger partial charge in [-0.15, -0.1) is 0 Å². The van der Waals surface area contributed by atoms with Crippen molar-refractivity contribution in [1.29, 1.82) is 0 Å². The maximum Gasteiger partial charge on any atom is 0.304 e. The smallest absolute Gasteiger partial charge is 0.304 e. The predicted molar refractivity (Wildman–Crippen MR) is 73.1 cm³/mol. The molecular weight excluding hydrogens is 322 g/mol. The first-order valence-electron chi connectivity index (χ1n) is 4.91. The maximum absolute atomic E-state index is 10.9. The summed E-state index contributed by atoms with van der Waals surface area (Å²) in [7, 11) is 0. The zero-order valence-corrected chi connectivity index (χ0v) is 11.4. The van der Waals surface area contributed by atoms with Gasteiger partial charge in [-0.2, -0.15) is 0 Å². The van der Waals surface area contributed by atoms with E-state index < -0.39 is 4.92 Å². The van der Waals surface area contributed by atoms with Gasteiger partial charge in [-0.1, -0.05) is 27.3 Å². The van der Waals surface area contributed by atoms with Crippen molar-refractivity contribution < 1.29 is 4.92 Å². The van der Waals surface area contributed by atoms with Crippen LogP contribution in [0.4, 0.5) is 11.4 Å². The Bertz CT molecular complexity index is 637. The molecule has 1 heterocycles. The van der Waals surface area contributed by atoms with Crippen LogP contribution in [0.25, 0.3) is 0 Å². The van der Waals surface area contributed by atoms with E-state index in [-0.39, 0.29) is 10.6 Å². The van der Waals surface area contributed by atoms with Gasteiger partial charge in [0.25, 0.3) is 5.69 Å². The van der Waals surface area contributed by atoms with Crippen molar-refractivity contribution in [3.8, 4) is 0 Å². The van der Waals surface area contributed by atoms with Crippen molar-refractivity contribution in [3.63, 3.8) is 0 Å². The zero-order chi connectivity index (χ0) is 13.1. The van der Waals surface area contributed by atoms with Gasteiger partial charge in [0.2, 0.25) is 0 Å². The number of anilines is 1. The molecule has 0 aliphatic rings. The average Bonchev–Trinajstić information content (AvgIpc) is 2.73. The Balaban J connectivity index is 2.18. The molecule has 8 heteroatoms. The number of nitrogens with one attached hydrogen (secondary N) is 2. The SMILES string of the molecule is O=c1[nH]c(CNc2ccc(Br)cc2[N+](=O)[O-])cs1. The molecule has 94 valence electrons. The molecule has 6 nitrogen and oxygen atoms in total. The maximum atomic E-state index is 10.9. The van der Waals surface area contributed by atoms with Crippen molar-refractivity contribution >= 4 is 38.6 Å². The Morgan fingerprint density at radius 2 is 2.28 bits per heavy atom. The number of rotatable bonds is 4. The van der Waals surface area contributed by atoms with E-state index in [2.05, 4.69) is 26.2 Å². The van der Waals surface area contributed by atoms with Gasteiger partial charge in [0.1, 0.15) is 5.69 Å².